The first-order chi connectivity index (χ1) is 12.9. The predicted molar refractivity (Wildman–Crippen MR) is 111 cm³/mol. The van der Waals surface area contributed by atoms with Crippen molar-refractivity contribution < 1.29 is 9.21 Å². The summed E-state index contributed by atoms with van der Waals surface area (Å²) in [7, 11) is 0. The second-order valence-corrected chi connectivity index (χ2v) is 7.94. The molecule has 0 aliphatic rings. The van der Waals surface area contributed by atoms with Crippen molar-refractivity contribution in [2.45, 2.75) is 32.6 Å². The minimum absolute atomic E-state index is 0.0393. The smallest absolute Gasteiger partial charge is 0.228 e. The molecule has 0 unspecified atom stereocenters. The zero-order valence-electron chi connectivity index (χ0n) is 15.9. The number of hydrogen-bond acceptors (Lipinski definition) is 2. The van der Waals surface area contributed by atoms with Crippen molar-refractivity contribution in [1.82, 2.24) is 0 Å². The number of fused-ring (bicyclic) bond motifs is 3. The van der Waals surface area contributed by atoms with Gasteiger partial charge in [0.15, 0.2) is 0 Å². The third-order valence-electron chi connectivity index (χ3n) is 4.90. The van der Waals surface area contributed by atoms with Crippen LogP contribution in [0.1, 0.15) is 31.9 Å². The van der Waals surface area contributed by atoms with E-state index in [9.17, 15) is 4.79 Å². The van der Waals surface area contributed by atoms with Crippen LogP contribution < -0.4 is 5.32 Å². The Hall–Kier alpha value is -3.07. The molecule has 3 nitrogen and oxygen atoms in total. The average Bonchev–Trinajstić information content (AvgIpc) is 3.04. The number of benzene rings is 3. The SMILES string of the molecule is CC(C)(C)c1ccccc1NC(=O)Cc1coc2ccc3ccccc3c12. The Balaban J connectivity index is 1.66. The monoisotopic (exact) mass is 357 g/mol. The molecule has 0 bridgehead atoms. The lowest BCUT2D eigenvalue weighted by Gasteiger charge is -2.23. The molecule has 4 rings (SSSR count). The highest BCUT2D eigenvalue weighted by molar-refractivity contribution is 6.09. The summed E-state index contributed by atoms with van der Waals surface area (Å²) in [5.41, 5.74) is 3.68. The fraction of sp³-hybridized carbons (Fsp3) is 0.208. The number of hydrogen-bond donors (Lipinski definition) is 1. The maximum atomic E-state index is 12.8. The van der Waals surface area contributed by atoms with Gasteiger partial charge in [0.1, 0.15) is 5.58 Å². The van der Waals surface area contributed by atoms with E-state index in [-0.39, 0.29) is 17.7 Å². The van der Waals surface area contributed by atoms with Gasteiger partial charge in [-0.1, -0.05) is 69.3 Å². The van der Waals surface area contributed by atoms with Gasteiger partial charge in [-0.25, -0.2) is 0 Å². The molecule has 1 amide bonds. The summed E-state index contributed by atoms with van der Waals surface area (Å²) in [5, 5.41) is 6.37. The van der Waals surface area contributed by atoms with Crippen LogP contribution >= 0.6 is 0 Å². The molecule has 0 radical (unpaired) electrons. The van der Waals surface area contributed by atoms with E-state index >= 15 is 0 Å². The van der Waals surface area contributed by atoms with Gasteiger partial charge in [-0.2, -0.15) is 0 Å². The lowest BCUT2D eigenvalue weighted by atomic mass is 9.86. The molecule has 0 saturated heterocycles. The number of anilines is 1. The molecule has 1 N–H and O–H groups in total. The van der Waals surface area contributed by atoms with Crippen LogP contribution in [0.2, 0.25) is 0 Å². The van der Waals surface area contributed by atoms with Crippen molar-refractivity contribution in [2.24, 2.45) is 0 Å². The van der Waals surface area contributed by atoms with Crippen molar-refractivity contribution >= 4 is 33.3 Å². The normalized spacial score (nSPS) is 11.8. The Morgan fingerprint density at radius 3 is 2.52 bits per heavy atom. The molecule has 0 spiro atoms. The Bertz CT molecular complexity index is 1130. The zero-order valence-corrected chi connectivity index (χ0v) is 15.9. The topological polar surface area (TPSA) is 42.2 Å². The predicted octanol–water partition coefficient (Wildman–Crippen LogP) is 6.06. The van der Waals surface area contributed by atoms with Gasteiger partial charge in [0, 0.05) is 16.6 Å². The van der Waals surface area contributed by atoms with E-state index in [4.69, 9.17) is 4.42 Å². The van der Waals surface area contributed by atoms with Crippen molar-refractivity contribution in [3.63, 3.8) is 0 Å². The molecule has 136 valence electrons. The highest BCUT2D eigenvalue weighted by Gasteiger charge is 2.19. The van der Waals surface area contributed by atoms with Crippen LogP contribution in [-0.4, -0.2) is 5.91 Å². The van der Waals surface area contributed by atoms with Crippen LogP contribution in [0.4, 0.5) is 5.69 Å². The van der Waals surface area contributed by atoms with Crippen LogP contribution in [0.3, 0.4) is 0 Å². The molecule has 4 aromatic rings. The number of carbonyl (C=O) groups is 1. The molecule has 0 fully saturated rings. The van der Waals surface area contributed by atoms with Gasteiger partial charge in [-0.3, -0.25) is 4.79 Å². The largest absolute Gasteiger partial charge is 0.464 e. The summed E-state index contributed by atoms with van der Waals surface area (Å²) in [6.45, 7) is 6.44. The van der Waals surface area contributed by atoms with Crippen molar-refractivity contribution in [3.05, 3.63) is 78.1 Å². The Morgan fingerprint density at radius 1 is 0.963 bits per heavy atom. The van der Waals surface area contributed by atoms with Gasteiger partial charge in [-0.15, -0.1) is 0 Å². The molecule has 0 atom stereocenters. The van der Waals surface area contributed by atoms with Gasteiger partial charge in [0.2, 0.25) is 5.91 Å². The Morgan fingerprint density at radius 2 is 1.70 bits per heavy atom. The first-order valence-corrected chi connectivity index (χ1v) is 9.21. The second-order valence-electron chi connectivity index (χ2n) is 7.94. The van der Waals surface area contributed by atoms with E-state index in [0.29, 0.717) is 0 Å². The van der Waals surface area contributed by atoms with Crippen molar-refractivity contribution in [1.29, 1.82) is 0 Å². The van der Waals surface area contributed by atoms with Gasteiger partial charge < -0.3 is 9.73 Å². The van der Waals surface area contributed by atoms with Crippen LogP contribution in [0.25, 0.3) is 21.7 Å². The van der Waals surface area contributed by atoms with Crippen LogP contribution in [0.15, 0.2) is 71.3 Å². The molecule has 0 aliphatic heterocycles. The summed E-state index contributed by atoms with van der Waals surface area (Å²) >= 11 is 0. The number of nitrogens with one attached hydrogen (secondary N) is 1. The van der Waals surface area contributed by atoms with Crippen molar-refractivity contribution in [3.8, 4) is 0 Å². The quantitative estimate of drug-likeness (QED) is 0.484. The molecule has 1 heterocycles. The third-order valence-corrected chi connectivity index (χ3v) is 4.90. The van der Waals surface area contributed by atoms with Crippen LogP contribution in [0.5, 0.6) is 0 Å². The summed E-state index contributed by atoms with van der Waals surface area (Å²) in [5.74, 6) is -0.0395. The second kappa shape index (κ2) is 6.58. The maximum absolute atomic E-state index is 12.8. The van der Waals surface area contributed by atoms with E-state index in [1.54, 1.807) is 6.26 Å². The number of rotatable bonds is 3. The van der Waals surface area contributed by atoms with Gasteiger partial charge in [0.05, 0.1) is 12.7 Å². The highest BCUT2D eigenvalue weighted by Crippen LogP contribution is 2.31. The fourth-order valence-electron chi connectivity index (χ4n) is 3.62. The van der Waals surface area contributed by atoms with Crippen molar-refractivity contribution in [2.75, 3.05) is 5.32 Å². The maximum Gasteiger partial charge on any atom is 0.228 e. The minimum atomic E-state index is -0.0395. The lowest BCUT2D eigenvalue weighted by Crippen LogP contribution is -2.19. The standard InChI is InChI=1S/C24H23NO2/c1-24(2,3)19-10-6-7-11-20(19)25-22(26)14-17-15-27-21-13-12-16-8-4-5-9-18(16)23(17)21/h4-13,15H,14H2,1-3H3,(H,25,26). The minimum Gasteiger partial charge on any atom is -0.464 e. The van der Waals surface area contributed by atoms with E-state index in [1.165, 1.54) is 0 Å². The molecule has 3 heteroatoms. The summed E-state index contributed by atoms with van der Waals surface area (Å²) in [6, 6.07) is 20.2. The Kier molecular flexibility index (Phi) is 4.23. The molecule has 27 heavy (non-hydrogen) atoms. The summed E-state index contributed by atoms with van der Waals surface area (Å²) in [6.07, 6.45) is 1.98. The molecular formula is C24H23NO2. The van der Waals surface area contributed by atoms with Gasteiger partial charge in [0.25, 0.3) is 0 Å². The first-order valence-electron chi connectivity index (χ1n) is 9.21. The van der Waals surface area contributed by atoms with E-state index in [1.807, 2.05) is 42.5 Å². The van der Waals surface area contributed by atoms with E-state index in [2.05, 4.69) is 44.3 Å². The van der Waals surface area contributed by atoms with Gasteiger partial charge >= 0.3 is 0 Å². The number of para-hydroxylation sites is 1. The zero-order chi connectivity index (χ0) is 19.0. The molecular weight excluding hydrogens is 334 g/mol. The number of carbonyl (C=O) groups excluding carboxylic acids is 1. The highest BCUT2D eigenvalue weighted by atomic mass is 16.3. The average molecular weight is 357 g/mol. The van der Waals surface area contributed by atoms with E-state index in [0.717, 1.165) is 38.6 Å². The molecule has 3 aromatic carbocycles. The molecule has 1 aromatic heterocycles. The molecule has 0 saturated carbocycles. The third kappa shape index (κ3) is 3.33. The fourth-order valence-corrected chi connectivity index (χ4v) is 3.62. The summed E-state index contributed by atoms with van der Waals surface area (Å²) < 4.78 is 5.71. The van der Waals surface area contributed by atoms with Gasteiger partial charge in [-0.05, 0) is 33.9 Å². The van der Waals surface area contributed by atoms with E-state index < -0.39 is 0 Å². The first kappa shape index (κ1) is 17.3. The summed E-state index contributed by atoms with van der Waals surface area (Å²) in [4.78, 5) is 12.8. The number of amides is 1. The molecule has 0 aliphatic carbocycles. The lowest BCUT2D eigenvalue weighted by molar-refractivity contribution is -0.115. The van der Waals surface area contributed by atoms with Crippen LogP contribution in [0, 0.1) is 0 Å². The Labute approximate surface area is 159 Å². The van der Waals surface area contributed by atoms with Crippen LogP contribution in [-0.2, 0) is 16.6 Å². The number of furan rings is 1.